The molecule has 0 aliphatic carbocycles. The number of nitrogens with one attached hydrogen (secondary N) is 2. The van der Waals surface area contributed by atoms with Gasteiger partial charge in [0.25, 0.3) is 0 Å². The smallest absolute Gasteiger partial charge is 0.203 e. The molecule has 2 N–H and O–H groups in total. The first-order chi connectivity index (χ1) is 13.1. The number of hydrogen-bond acceptors (Lipinski definition) is 5. The zero-order chi connectivity index (χ0) is 19.7. The molecule has 1 aliphatic heterocycles. The predicted molar refractivity (Wildman–Crippen MR) is 129 cm³/mol. The molecule has 0 saturated carbocycles. The number of ether oxygens (including phenoxy) is 3. The first-order valence-corrected chi connectivity index (χ1v) is 10.5. The van der Waals surface area contributed by atoms with Crippen LogP contribution in [0.5, 0.6) is 17.2 Å². The predicted octanol–water partition coefficient (Wildman–Crippen LogP) is 3.71. The lowest BCUT2D eigenvalue weighted by atomic mass is 10.1. The van der Waals surface area contributed by atoms with Gasteiger partial charge in [-0.3, -0.25) is 4.99 Å². The third-order valence-corrected chi connectivity index (χ3v) is 6.21. The molecular formula is C20H34IN3O3S. The van der Waals surface area contributed by atoms with Gasteiger partial charge in [-0.2, -0.15) is 11.8 Å². The zero-order valence-electron chi connectivity index (χ0n) is 17.6. The fraction of sp³-hybridized carbons (Fsp3) is 0.650. The number of thioether (sulfide) groups is 1. The lowest BCUT2D eigenvalue weighted by molar-refractivity contribution is 0.322. The summed E-state index contributed by atoms with van der Waals surface area (Å²) in [7, 11) is 4.90. The van der Waals surface area contributed by atoms with E-state index in [-0.39, 0.29) is 28.7 Å². The van der Waals surface area contributed by atoms with Crippen molar-refractivity contribution in [2.45, 2.75) is 37.9 Å². The van der Waals surface area contributed by atoms with Crippen molar-refractivity contribution in [2.75, 3.05) is 46.7 Å². The second kappa shape index (κ2) is 12.5. The standard InChI is InChI=1S/C20H33N3O3S.HI/c1-6-21-19(23-14-20(2)11-7-13-27-20)22-12-10-15-8-9-16(24-3)18(26-5)17(15)25-4;/h8-9H,6-7,10-14H2,1-5H3,(H2,21,22,23);1H. The molecular weight excluding hydrogens is 489 g/mol. The molecule has 1 aromatic rings. The van der Waals surface area contributed by atoms with Crippen LogP contribution in [0.2, 0.25) is 0 Å². The number of benzene rings is 1. The molecule has 1 atom stereocenters. The van der Waals surface area contributed by atoms with Crippen molar-refractivity contribution < 1.29 is 14.2 Å². The Morgan fingerprint density at radius 3 is 2.46 bits per heavy atom. The van der Waals surface area contributed by atoms with Crippen molar-refractivity contribution in [1.29, 1.82) is 0 Å². The highest BCUT2D eigenvalue weighted by Gasteiger charge is 2.29. The van der Waals surface area contributed by atoms with Crippen LogP contribution < -0.4 is 24.8 Å². The minimum Gasteiger partial charge on any atom is -0.493 e. The lowest BCUT2D eigenvalue weighted by Crippen LogP contribution is -2.39. The Balaban J connectivity index is 0.00000392. The summed E-state index contributed by atoms with van der Waals surface area (Å²) in [6.45, 7) is 6.83. The second-order valence-electron chi connectivity index (χ2n) is 6.77. The van der Waals surface area contributed by atoms with Gasteiger partial charge < -0.3 is 24.8 Å². The summed E-state index contributed by atoms with van der Waals surface area (Å²) >= 11 is 2.03. The third kappa shape index (κ3) is 6.79. The number of aliphatic imine (C=N–C) groups is 1. The van der Waals surface area contributed by atoms with Gasteiger partial charge in [0.05, 0.1) is 27.9 Å². The van der Waals surface area contributed by atoms with E-state index < -0.39 is 0 Å². The number of hydrogen-bond donors (Lipinski definition) is 2. The average molecular weight is 523 g/mol. The molecule has 0 aromatic heterocycles. The fourth-order valence-corrected chi connectivity index (χ4v) is 4.45. The van der Waals surface area contributed by atoms with Gasteiger partial charge in [0.1, 0.15) is 0 Å². The van der Waals surface area contributed by atoms with E-state index in [9.17, 15) is 0 Å². The van der Waals surface area contributed by atoms with E-state index in [1.165, 1.54) is 18.6 Å². The van der Waals surface area contributed by atoms with Crippen molar-refractivity contribution in [2.24, 2.45) is 4.99 Å². The quantitative estimate of drug-likeness (QED) is 0.293. The number of methoxy groups -OCH3 is 3. The number of nitrogens with zero attached hydrogens (tertiary/aromatic N) is 1. The molecule has 0 radical (unpaired) electrons. The molecule has 1 aromatic carbocycles. The second-order valence-corrected chi connectivity index (χ2v) is 8.45. The molecule has 2 rings (SSSR count). The molecule has 1 unspecified atom stereocenters. The van der Waals surface area contributed by atoms with Gasteiger partial charge in [-0.25, -0.2) is 0 Å². The lowest BCUT2D eigenvalue weighted by Gasteiger charge is -2.21. The normalized spacial score (nSPS) is 19.0. The van der Waals surface area contributed by atoms with Crippen molar-refractivity contribution in [1.82, 2.24) is 10.6 Å². The van der Waals surface area contributed by atoms with E-state index in [0.717, 1.165) is 43.3 Å². The molecule has 28 heavy (non-hydrogen) atoms. The summed E-state index contributed by atoms with van der Waals surface area (Å²) < 4.78 is 16.6. The summed E-state index contributed by atoms with van der Waals surface area (Å²) in [5.41, 5.74) is 1.07. The summed E-state index contributed by atoms with van der Waals surface area (Å²) in [6, 6.07) is 3.93. The maximum absolute atomic E-state index is 5.56. The highest BCUT2D eigenvalue weighted by Crippen LogP contribution is 2.40. The molecule has 8 heteroatoms. The number of guanidine groups is 1. The van der Waals surface area contributed by atoms with Crippen LogP contribution in [0.1, 0.15) is 32.3 Å². The van der Waals surface area contributed by atoms with Crippen molar-refractivity contribution in [3.63, 3.8) is 0 Å². The Morgan fingerprint density at radius 2 is 1.89 bits per heavy atom. The highest BCUT2D eigenvalue weighted by molar-refractivity contribution is 14.0. The molecule has 160 valence electrons. The molecule has 6 nitrogen and oxygen atoms in total. The molecule has 0 amide bonds. The first kappa shape index (κ1) is 25.0. The minimum atomic E-state index is 0. The van der Waals surface area contributed by atoms with Gasteiger partial charge in [0.15, 0.2) is 17.5 Å². The Bertz CT molecular complexity index is 637. The molecule has 1 fully saturated rings. The SMILES string of the molecule is CCNC(=NCC1(C)CCCS1)NCCc1ccc(OC)c(OC)c1OC.I. The molecule has 1 saturated heterocycles. The van der Waals surface area contributed by atoms with Crippen LogP contribution in [0.25, 0.3) is 0 Å². The van der Waals surface area contributed by atoms with Crippen LogP contribution in [0.4, 0.5) is 0 Å². The van der Waals surface area contributed by atoms with Gasteiger partial charge in [-0.1, -0.05) is 6.07 Å². The van der Waals surface area contributed by atoms with Crippen molar-refractivity contribution in [3.05, 3.63) is 17.7 Å². The maximum atomic E-state index is 5.56. The van der Waals surface area contributed by atoms with Crippen molar-refractivity contribution >= 4 is 41.7 Å². The monoisotopic (exact) mass is 523 g/mol. The average Bonchev–Trinajstić information content (AvgIpc) is 3.12. The Hall–Kier alpha value is -1.03. The topological polar surface area (TPSA) is 64.1 Å². The number of rotatable bonds is 9. The summed E-state index contributed by atoms with van der Waals surface area (Å²) in [4.78, 5) is 4.80. The minimum absolute atomic E-state index is 0. The molecule has 0 spiro atoms. The van der Waals surface area contributed by atoms with Crippen LogP contribution in [0.15, 0.2) is 17.1 Å². The molecule has 1 heterocycles. The van der Waals surface area contributed by atoms with Crippen molar-refractivity contribution in [3.8, 4) is 17.2 Å². The zero-order valence-corrected chi connectivity index (χ0v) is 20.7. The van der Waals surface area contributed by atoms with Crippen LogP contribution >= 0.6 is 35.7 Å². The van der Waals surface area contributed by atoms with E-state index >= 15 is 0 Å². The van der Waals surface area contributed by atoms with E-state index in [2.05, 4.69) is 24.5 Å². The van der Waals surface area contributed by atoms with E-state index in [0.29, 0.717) is 11.5 Å². The maximum Gasteiger partial charge on any atom is 0.203 e. The van der Waals surface area contributed by atoms with E-state index in [4.69, 9.17) is 19.2 Å². The van der Waals surface area contributed by atoms with Gasteiger partial charge in [-0.05, 0) is 44.9 Å². The largest absolute Gasteiger partial charge is 0.493 e. The van der Waals surface area contributed by atoms with Gasteiger partial charge in [-0.15, -0.1) is 24.0 Å². The van der Waals surface area contributed by atoms with E-state index in [1.807, 2.05) is 23.9 Å². The van der Waals surface area contributed by atoms with Gasteiger partial charge in [0.2, 0.25) is 5.75 Å². The van der Waals surface area contributed by atoms with Crippen LogP contribution in [-0.4, -0.2) is 57.4 Å². The fourth-order valence-electron chi connectivity index (χ4n) is 3.23. The highest BCUT2D eigenvalue weighted by atomic mass is 127. The third-order valence-electron chi connectivity index (χ3n) is 4.69. The summed E-state index contributed by atoms with van der Waals surface area (Å²) in [6.07, 6.45) is 3.32. The first-order valence-electron chi connectivity index (χ1n) is 9.51. The molecule has 0 bridgehead atoms. The summed E-state index contributed by atoms with van der Waals surface area (Å²) in [5.74, 6) is 4.13. The van der Waals surface area contributed by atoms with Gasteiger partial charge in [0, 0.05) is 23.4 Å². The Kier molecular flexibility index (Phi) is 11.2. The number of halogens is 1. The Labute approximate surface area is 190 Å². The van der Waals surface area contributed by atoms with Crippen LogP contribution in [0.3, 0.4) is 0 Å². The van der Waals surface area contributed by atoms with E-state index in [1.54, 1.807) is 21.3 Å². The van der Waals surface area contributed by atoms with Crippen LogP contribution in [-0.2, 0) is 6.42 Å². The van der Waals surface area contributed by atoms with Crippen LogP contribution in [0, 0.1) is 0 Å². The summed E-state index contributed by atoms with van der Waals surface area (Å²) in [5, 5.41) is 6.76. The van der Waals surface area contributed by atoms with Gasteiger partial charge >= 0.3 is 0 Å². The molecule has 1 aliphatic rings. The Morgan fingerprint density at radius 1 is 1.14 bits per heavy atom.